The molecule has 2 atom stereocenters. The first-order valence-corrected chi connectivity index (χ1v) is 8.30. The third-order valence-corrected chi connectivity index (χ3v) is 7.01. The van der Waals surface area contributed by atoms with Gasteiger partial charge in [0.05, 0.1) is 19.9 Å². The summed E-state index contributed by atoms with van der Waals surface area (Å²) in [5.41, 5.74) is 0.429. The topological polar surface area (TPSA) is 84.9 Å². The van der Waals surface area contributed by atoms with Gasteiger partial charge in [0.25, 0.3) is 0 Å². The molecule has 1 aliphatic carbocycles. The molecule has 1 saturated heterocycles. The lowest BCUT2D eigenvalue weighted by molar-refractivity contribution is -0.116. The maximum absolute atomic E-state index is 12.6. The molecule has 1 amide bonds. The molecule has 7 nitrogen and oxygen atoms in total. The van der Waals surface area contributed by atoms with Crippen molar-refractivity contribution >= 4 is 21.6 Å². The van der Waals surface area contributed by atoms with Crippen LogP contribution in [0.5, 0.6) is 11.5 Å². The third-order valence-electron chi connectivity index (χ3n) is 4.44. The number of carbonyl (C=O) groups excluding carboxylic acids is 1. The molecule has 1 heterocycles. The van der Waals surface area contributed by atoms with Gasteiger partial charge in [-0.25, -0.2) is 12.7 Å². The van der Waals surface area contributed by atoms with E-state index in [0.29, 0.717) is 30.2 Å². The minimum absolute atomic E-state index is 0.133. The predicted octanol–water partition coefficient (Wildman–Crippen LogP) is 0.676. The second-order valence-corrected chi connectivity index (χ2v) is 7.90. The van der Waals surface area contributed by atoms with Gasteiger partial charge < -0.3 is 14.8 Å². The molecule has 120 valence electrons. The van der Waals surface area contributed by atoms with Crippen molar-refractivity contribution in [2.24, 2.45) is 5.92 Å². The number of anilines is 1. The SMILES string of the molecule is COc1ccc(NC(=O)C23CC2CN(C)S3(=O)=O)c(OC)c1. The van der Waals surface area contributed by atoms with E-state index >= 15 is 0 Å². The Morgan fingerprint density at radius 2 is 2.09 bits per heavy atom. The van der Waals surface area contributed by atoms with Gasteiger partial charge in [0.15, 0.2) is 4.75 Å². The number of methoxy groups -OCH3 is 2. The molecule has 22 heavy (non-hydrogen) atoms. The minimum atomic E-state index is -3.59. The summed E-state index contributed by atoms with van der Waals surface area (Å²) in [7, 11) is 0.922. The van der Waals surface area contributed by atoms with Gasteiger partial charge >= 0.3 is 0 Å². The highest BCUT2D eigenvalue weighted by Gasteiger charge is 2.74. The molecule has 3 rings (SSSR count). The van der Waals surface area contributed by atoms with Crippen molar-refractivity contribution in [2.75, 3.05) is 33.1 Å². The number of benzene rings is 1. The van der Waals surface area contributed by atoms with Gasteiger partial charge in [-0.05, 0) is 18.6 Å². The van der Waals surface area contributed by atoms with E-state index in [1.54, 1.807) is 18.2 Å². The molecule has 0 spiro atoms. The zero-order valence-electron chi connectivity index (χ0n) is 12.6. The first-order chi connectivity index (χ1) is 10.4. The normalized spacial score (nSPS) is 28.8. The Kier molecular flexibility index (Phi) is 3.33. The molecule has 0 aromatic heterocycles. The van der Waals surface area contributed by atoms with Gasteiger partial charge in [-0.2, -0.15) is 0 Å². The highest BCUT2D eigenvalue weighted by atomic mass is 32.2. The Morgan fingerprint density at radius 1 is 1.36 bits per heavy atom. The van der Waals surface area contributed by atoms with Crippen molar-refractivity contribution in [3.05, 3.63) is 18.2 Å². The number of nitrogens with one attached hydrogen (secondary N) is 1. The number of rotatable bonds is 4. The second-order valence-electron chi connectivity index (χ2n) is 5.60. The smallest absolute Gasteiger partial charge is 0.247 e. The largest absolute Gasteiger partial charge is 0.497 e. The highest BCUT2D eigenvalue weighted by molar-refractivity contribution is 7.92. The lowest BCUT2D eigenvalue weighted by Gasteiger charge is -2.18. The fourth-order valence-electron chi connectivity index (χ4n) is 3.05. The van der Waals surface area contributed by atoms with Crippen LogP contribution in [-0.4, -0.2) is 51.2 Å². The first-order valence-electron chi connectivity index (χ1n) is 6.86. The van der Waals surface area contributed by atoms with Crippen molar-refractivity contribution in [1.29, 1.82) is 0 Å². The molecule has 8 heteroatoms. The number of ether oxygens (including phenoxy) is 2. The van der Waals surface area contributed by atoms with E-state index in [2.05, 4.69) is 5.32 Å². The average Bonchev–Trinajstić information content (AvgIpc) is 3.18. The van der Waals surface area contributed by atoms with E-state index in [1.165, 1.54) is 25.6 Å². The highest BCUT2D eigenvalue weighted by Crippen LogP contribution is 2.57. The molecule has 2 aliphatic rings. The Hall–Kier alpha value is -1.80. The summed E-state index contributed by atoms with van der Waals surface area (Å²) in [6, 6.07) is 4.94. The average molecular weight is 326 g/mol. The Morgan fingerprint density at radius 3 is 2.64 bits per heavy atom. The van der Waals surface area contributed by atoms with Crippen LogP contribution in [0.3, 0.4) is 0 Å². The van der Waals surface area contributed by atoms with Crippen molar-refractivity contribution in [2.45, 2.75) is 11.2 Å². The van der Waals surface area contributed by atoms with Crippen LogP contribution in [0.2, 0.25) is 0 Å². The maximum Gasteiger partial charge on any atom is 0.247 e. The molecule has 1 saturated carbocycles. The standard InChI is InChI=1S/C14H18N2O5S/c1-16-8-9-7-14(9,22(16,18)19)13(17)15-11-5-4-10(20-2)6-12(11)21-3/h4-6,9H,7-8H2,1-3H3,(H,15,17). The van der Waals surface area contributed by atoms with Gasteiger partial charge in [-0.15, -0.1) is 0 Å². The molecule has 0 bridgehead atoms. The zero-order chi connectivity index (χ0) is 16.1. The number of amides is 1. The zero-order valence-corrected chi connectivity index (χ0v) is 13.4. The molecule has 0 radical (unpaired) electrons. The van der Waals surface area contributed by atoms with E-state index < -0.39 is 20.7 Å². The van der Waals surface area contributed by atoms with Crippen LogP contribution in [0.15, 0.2) is 18.2 Å². The number of hydrogen-bond donors (Lipinski definition) is 1. The monoisotopic (exact) mass is 326 g/mol. The van der Waals surface area contributed by atoms with E-state index in [4.69, 9.17) is 9.47 Å². The van der Waals surface area contributed by atoms with Crippen molar-refractivity contribution in [1.82, 2.24) is 4.31 Å². The molecular formula is C14H18N2O5S. The summed E-state index contributed by atoms with van der Waals surface area (Å²) in [4.78, 5) is 12.6. The van der Waals surface area contributed by atoms with E-state index in [0.717, 1.165) is 0 Å². The minimum Gasteiger partial charge on any atom is -0.497 e. The first kappa shape index (κ1) is 15.1. The predicted molar refractivity (Wildman–Crippen MR) is 80.6 cm³/mol. The summed E-state index contributed by atoms with van der Waals surface area (Å²) in [5, 5.41) is 2.69. The summed E-state index contributed by atoms with van der Waals surface area (Å²) in [5.74, 6) is 0.382. The van der Waals surface area contributed by atoms with Crippen LogP contribution in [-0.2, 0) is 14.8 Å². The molecule has 1 aliphatic heterocycles. The van der Waals surface area contributed by atoms with Gasteiger partial charge in [0, 0.05) is 25.6 Å². The Bertz CT molecular complexity index is 733. The summed E-state index contributed by atoms with van der Waals surface area (Å²) in [6.07, 6.45) is 0.379. The van der Waals surface area contributed by atoms with E-state index in [9.17, 15) is 13.2 Å². The lowest BCUT2D eigenvalue weighted by Crippen LogP contribution is -2.40. The number of sulfonamides is 1. The van der Waals surface area contributed by atoms with Gasteiger partial charge in [0.1, 0.15) is 11.5 Å². The number of carbonyl (C=O) groups is 1. The van der Waals surface area contributed by atoms with Gasteiger partial charge in [-0.1, -0.05) is 0 Å². The summed E-state index contributed by atoms with van der Waals surface area (Å²) >= 11 is 0. The van der Waals surface area contributed by atoms with Crippen LogP contribution >= 0.6 is 0 Å². The molecule has 2 fully saturated rings. The third kappa shape index (κ3) is 1.90. The summed E-state index contributed by atoms with van der Waals surface area (Å²) < 4.78 is 35.0. The quantitative estimate of drug-likeness (QED) is 0.879. The number of hydrogen-bond acceptors (Lipinski definition) is 5. The number of fused-ring (bicyclic) bond motifs is 1. The van der Waals surface area contributed by atoms with Crippen LogP contribution in [0.4, 0.5) is 5.69 Å². The molecule has 1 N–H and O–H groups in total. The van der Waals surface area contributed by atoms with E-state index in [-0.39, 0.29) is 5.92 Å². The van der Waals surface area contributed by atoms with Crippen LogP contribution in [0, 0.1) is 5.92 Å². The van der Waals surface area contributed by atoms with Crippen molar-refractivity contribution in [3.8, 4) is 11.5 Å². The lowest BCUT2D eigenvalue weighted by atomic mass is 10.2. The molecule has 1 aromatic carbocycles. The fourth-order valence-corrected chi connectivity index (χ4v) is 5.17. The Labute approximate surface area is 129 Å². The molecule has 2 unspecified atom stereocenters. The second kappa shape index (κ2) is 4.85. The van der Waals surface area contributed by atoms with Crippen LogP contribution in [0.25, 0.3) is 0 Å². The maximum atomic E-state index is 12.6. The summed E-state index contributed by atoms with van der Waals surface area (Å²) in [6.45, 7) is 0.398. The number of nitrogens with zero attached hydrogens (tertiary/aromatic N) is 1. The van der Waals surface area contributed by atoms with E-state index in [1.807, 2.05) is 0 Å². The molecule has 1 aromatic rings. The molecular weight excluding hydrogens is 308 g/mol. The van der Waals surface area contributed by atoms with Crippen LogP contribution < -0.4 is 14.8 Å². The van der Waals surface area contributed by atoms with Crippen molar-refractivity contribution in [3.63, 3.8) is 0 Å². The van der Waals surface area contributed by atoms with Crippen molar-refractivity contribution < 1.29 is 22.7 Å². The van der Waals surface area contributed by atoms with Crippen LogP contribution in [0.1, 0.15) is 6.42 Å². The van der Waals surface area contributed by atoms with Gasteiger partial charge in [0.2, 0.25) is 15.9 Å². The van der Waals surface area contributed by atoms with Gasteiger partial charge in [-0.3, -0.25) is 4.79 Å². The fraction of sp³-hybridized carbons (Fsp3) is 0.500. The Balaban J connectivity index is 1.88.